The fourth-order valence-electron chi connectivity index (χ4n) is 1.99. The first kappa shape index (κ1) is 12.4. The molecule has 0 atom stereocenters. The molecule has 6 nitrogen and oxygen atoms in total. The van der Waals surface area contributed by atoms with Crippen molar-refractivity contribution in [1.29, 1.82) is 0 Å². The molecule has 0 amide bonds. The molecule has 0 aliphatic heterocycles. The Bertz CT molecular complexity index is 928. The molecule has 2 aromatic carbocycles. The number of phenolic OH excluding ortho intramolecular Hbond substituents is 5. The van der Waals surface area contributed by atoms with Crippen LogP contribution in [0.2, 0.25) is 0 Å². The Labute approximate surface area is 115 Å². The second-order valence-corrected chi connectivity index (χ2v) is 5.23. The van der Waals surface area contributed by atoms with E-state index in [0.717, 1.165) is 17.4 Å². The van der Waals surface area contributed by atoms with Crippen LogP contribution < -0.4 is 5.43 Å². The van der Waals surface area contributed by atoms with Crippen molar-refractivity contribution in [3.63, 3.8) is 0 Å². The lowest BCUT2D eigenvalue weighted by atomic mass is 10.1. The summed E-state index contributed by atoms with van der Waals surface area (Å²) < 4.78 is 0.0987. The van der Waals surface area contributed by atoms with Crippen LogP contribution in [0.25, 0.3) is 20.2 Å². The highest BCUT2D eigenvalue weighted by Crippen LogP contribution is 2.45. The molecule has 0 saturated carbocycles. The van der Waals surface area contributed by atoms with Crippen molar-refractivity contribution in [2.75, 3.05) is 0 Å². The predicted molar refractivity (Wildman–Crippen MR) is 73.9 cm³/mol. The zero-order valence-corrected chi connectivity index (χ0v) is 10.6. The minimum atomic E-state index is -0.743. The van der Waals surface area contributed by atoms with Crippen LogP contribution in [0.5, 0.6) is 28.7 Å². The molecule has 0 radical (unpaired) electrons. The number of benzene rings is 2. The van der Waals surface area contributed by atoms with Crippen LogP contribution in [0, 0.1) is 0 Å². The van der Waals surface area contributed by atoms with E-state index in [1.165, 1.54) is 12.1 Å². The van der Waals surface area contributed by atoms with Crippen LogP contribution in [-0.4, -0.2) is 25.5 Å². The van der Waals surface area contributed by atoms with Crippen LogP contribution in [0.3, 0.4) is 0 Å². The molecule has 0 fully saturated rings. The third-order valence-electron chi connectivity index (χ3n) is 3.01. The fraction of sp³-hybridized carbons (Fsp3) is 0. The summed E-state index contributed by atoms with van der Waals surface area (Å²) in [5.74, 6) is -2.87. The molecule has 1 aromatic heterocycles. The molecule has 102 valence electrons. The number of rotatable bonds is 0. The average Bonchev–Trinajstić information content (AvgIpc) is 2.42. The van der Waals surface area contributed by atoms with Gasteiger partial charge in [-0.2, -0.15) is 0 Å². The van der Waals surface area contributed by atoms with Gasteiger partial charge in [-0.05, 0) is 18.2 Å². The monoisotopic (exact) mass is 292 g/mol. The first-order chi connectivity index (χ1) is 9.41. The standard InChI is InChI=1S/C13H8O6S/c14-6-2-1-4-8(16)5-3-7(15)9(17)11(19)13(5)20-12(4)10(6)18/h1-3,14-15,17-19H. The van der Waals surface area contributed by atoms with Crippen LogP contribution >= 0.6 is 11.3 Å². The third-order valence-corrected chi connectivity index (χ3v) is 4.25. The summed E-state index contributed by atoms with van der Waals surface area (Å²) in [6.07, 6.45) is 0. The first-order valence-electron chi connectivity index (χ1n) is 5.47. The molecule has 0 saturated heterocycles. The highest BCUT2D eigenvalue weighted by Gasteiger charge is 2.18. The van der Waals surface area contributed by atoms with E-state index in [2.05, 4.69) is 0 Å². The molecule has 1 heterocycles. The van der Waals surface area contributed by atoms with Gasteiger partial charge in [-0.3, -0.25) is 4.79 Å². The fourth-order valence-corrected chi connectivity index (χ4v) is 3.12. The van der Waals surface area contributed by atoms with Gasteiger partial charge in [0, 0.05) is 10.8 Å². The molecule has 0 bridgehead atoms. The molecule has 3 rings (SSSR count). The largest absolute Gasteiger partial charge is 0.504 e. The summed E-state index contributed by atoms with van der Waals surface area (Å²) in [5.41, 5.74) is -0.533. The summed E-state index contributed by atoms with van der Waals surface area (Å²) in [5, 5.41) is 48.1. The van der Waals surface area contributed by atoms with Gasteiger partial charge in [0.15, 0.2) is 28.4 Å². The third kappa shape index (κ3) is 1.47. The van der Waals surface area contributed by atoms with Crippen LogP contribution in [-0.2, 0) is 0 Å². The smallest absolute Gasteiger partial charge is 0.201 e. The maximum absolute atomic E-state index is 12.3. The van der Waals surface area contributed by atoms with E-state index in [1.807, 2.05) is 0 Å². The molecule has 0 spiro atoms. The zero-order chi connectivity index (χ0) is 14.6. The molecule has 0 aliphatic rings. The molecular weight excluding hydrogens is 284 g/mol. The summed E-state index contributed by atoms with van der Waals surface area (Å²) in [4.78, 5) is 12.3. The SMILES string of the molecule is O=c1c2ccc(O)c(O)c2sc2c(O)c(O)c(O)cc12. The predicted octanol–water partition coefficient (Wildman–Crippen LogP) is 1.94. The Morgan fingerprint density at radius 3 is 2.10 bits per heavy atom. The van der Waals surface area contributed by atoms with Gasteiger partial charge in [-0.1, -0.05) is 0 Å². The molecule has 3 aromatic rings. The number of hydrogen-bond donors (Lipinski definition) is 5. The summed E-state index contributed by atoms with van der Waals surface area (Å²) in [6.45, 7) is 0. The Hall–Kier alpha value is -2.67. The van der Waals surface area contributed by atoms with Crippen molar-refractivity contribution in [1.82, 2.24) is 0 Å². The lowest BCUT2D eigenvalue weighted by Crippen LogP contribution is -2.01. The van der Waals surface area contributed by atoms with Gasteiger partial charge in [-0.25, -0.2) is 0 Å². The maximum Gasteiger partial charge on any atom is 0.201 e. The molecule has 5 N–H and O–H groups in total. The Morgan fingerprint density at radius 2 is 1.40 bits per heavy atom. The van der Waals surface area contributed by atoms with Gasteiger partial charge in [0.1, 0.15) is 0 Å². The van der Waals surface area contributed by atoms with Crippen molar-refractivity contribution in [3.8, 4) is 28.7 Å². The lowest BCUT2D eigenvalue weighted by Gasteiger charge is -2.07. The Kier molecular flexibility index (Phi) is 2.42. The van der Waals surface area contributed by atoms with E-state index >= 15 is 0 Å². The van der Waals surface area contributed by atoms with Gasteiger partial charge >= 0.3 is 0 Å². The maximum atomic E-state index is 12.3. The molecule has 20 heavy (non-hydrogen) atoms. The van der Waals surface area contributed by atoms with E-state index in [9.17, 15) is 30.3 Å². The highest BCUT2D eigenvalue weighted by atomic mass is 32.1. The van der Waals surface area contributed by atoms with E-state index in [-0.39, 0.29) is 20.2 Å². The average molecular weight is 292 g/mol. The van der Waals surface area contributed by atoms with E-state index in [4.69, 9.17) is 0 Å². The van der Waals surface area contributed by atoms with Gasteiger partial charge in [-0.15, -0.1) is 11.3 Å². The minimum Gasteiger partial charge on any atom is -0.504 e. The number of phenols is 5. The van der Waals surface area contributed by atoms with E-state index in [0.29, 0.717) is 0 Å². The number of hydrogen-bond acceptors (Lipinski definition) is 7. The lowest BCUT2D eigenvalue weighted by molar-refractivity contribution is 0.371. The molecular formula is C13H8O6S. The van der Waals surface area contributed by atoms with Crippen molar-refractivity contribution < 1.29 is 25.5 Å². The van der Waals surface area contributed by atoms with E-state index in [1.54, 1.807) is 0 Å². The number of aromatic hydroxyl groups is 5. The molecule has 0 unspecified atom stereocenters. The first-order valence-corrected chi connectivity index (χ1v) is 6.28. The molecule has 0 aliphatic carbocycles. The van der Waals surface area contributed by atoms with Gasteiger partial charge in [0.25, 0.3) is 0 Å². The molecule has 7 heteroatoms. The summed E-state index contributed by atoms with van der Waals surface area (Å²) in [6, 6.07) is 3.56. The van der Waals surface area contributed by atoms with Crippen LogP contribution in [0.15, 0.2) is 23.0 Å². The minimum absolute atomic E-state index is 0.0127. The van der Waals surface area contributed by atoms with Crippen molar-refractivity contribution in [2.45, 2.75) is 0 Å². The van der Waals surface area contributed by atoms with E-state index < -0.39 is 34.2 Å². The normalized spacial score (nSPS) is 11.2. The van der Waals surface area contributed by atoms with Gasteiger partial charge in [0.2, 0.25) is 5.75 Å². The van der Waals surface area contributed by atoms with Gasteiger partial charge < -0.3 is 25.5 Å². The highest BCUT2D eigenvalue weighted by molar-refractivity contribution is 7.25. The second-order valence-electron chi connectivity index (χ2n) is 4.21. The van der Waals surface area contributed by atoms with Crippen molar-refractivity contribution in [2.24, 2.45) is 0 Å². The Balaban J connectivity index is 2.65. The number of fused-ring (bicyclic) bond motifs is 2. The van der Waals surface area contributed by atoms with Crippen molar-refractivity contribution >= 4 is 31.5 Å². The second kappa shape index (κ2) is 3.91. The zero-order valence-electron chi connectivity index (χ0n) is 9.78. The summed E-state index contributed by atoms with van der Waals surface area (Å²) >= 11 is 0.825. The Morgan fingerprint density at radius 1 is 0.750 bits per heavy atom. The van der Waals surface area contributed by atoms with Gasteiger partial charge in [0.05, 0.1) is 9.40 Å². The quantitative estimate of drug-likeness (QED) is 0.319. The van der Waals surface area contributed by atoms with Crippen LogP contribution in [0.4, 0.5) is 0 Å². The van der Waals surface area contributed by atoms with Crippen molar-refractivity contribution in [3.05, 3.63) is 28.4 Å². The summed E-state index contributed by atoms with van der Waals surface area (Å²) in [7, 11) is 0. The topological polar surface area (TPSA) is 118 Å². The van der Waals surface area contributed by atoms with Crippen LogP contribution in [0.1, 0.15) is 0 Å².